The Hall–Kier alpha value is -1.61. The molecule has 0 aliphatic rings. The lowest BCUT2D eigenvalue weighted by molar-refractivity contribution is 0.0909. The molecule has 0 saturated heterocycles. The summed E-state index contributed by atoms with van der Waals surface area (Å²) in [6, 6.07) is 14.2. The lowest BCUT2D eigenvalue weighted by Gasteiger charge is -2.05. The molecule has 0 saturated carbocycles. The van der Waals surface area contributed by atoms with Gasteiger partial charge in [0.2, 0.25) is 5.91 Å². The topological polar surface area (TPSA) is 22.0 Å². The molecule has 0 radical (unpaired) electrons. The highest BCUT2D eigenvalue weighted by Crippen LogP contribution is 2.31. The largest absolute Gasteiger partial charge is 0.280 e. The quantitative estimate of drug-likeness (QED) is 0.550. The minimum Gasteiger partial charge on any atom is -0.280 e. The first-order chi connectivity index (χ1) is 10.2. The second-order valence-electron chi connectivity index (χ2n) is 5.36. The van der Waals surface area contributed by atoms with Gasteiger partial charge in [0.1, 0.15) is 0 Å². The van der Waals surface area contributed by atoms with Crippen molar-refractivity contribution in [2.24, 2.45) is 0 Å². The average Bonchev–Trinajstić information content (AvgIpc) is 2.81. The smallest absolute Gasteiger partial charge is 0.231 e. The number of nitrogens with zero attached hydrogens (tertiary/aromatic N) is 1. The molecule has 0 aliphatic heterocycles. The van der Waals surface area contributed by atoms with Gasteiger partial charge in [0.15, 0.2) is 0 Å². The Labute approximate surface area is 132 Å². The summed E-state index contributed by atoms with van der Waals surface area (Å²) in [5, 5.41) is 2.27. The zero-order valence-corrected chi connectivity index (χ0v) is 13.7. The molecule has 1 aromatic heterocycles. The van der Waals surface area contributed by atoms with Gasteiger partial charge in [0, 0.05) is 21.7 Å². The van der Waals surface area contributed by atoms with Gasteiger partial charge in [-0.15, -0.1) is 0 Å². The standard InChI is InChI=1S/C18H18BrNO/c1-2-3-4-9-18(21)20-16-8-6-5-7-14(16)15-12-13(19)10-11-17(15)20/h5-8,10-12H,2-4,9H2,1H3. The van der Waals surface area contributed by atoms with Crippen LogP contribution in [0.25, 0.3) is 21.8 Å². The monoisotopic (exact) mass is 343 g/mol. The Bertz CT molecular complexity index is 803. The molecule has 1 heterocycles. The third-order valence-electron chi connectivity index (χ3n) is 3.88. The van der Waals surface area contributed by atoms with Gasteiger partial charge in [-0.25, -0.2) is 0 Å². The van der Waals surface area contributed by atoms with Gasteiger partial charge < -0.3 is 0 Å². The van der Waals surface area contributed by atoms with Crippen molar-refractivity contribution in [1.29, 1.82) is 0 Å². The summed E-state index contributed by atoms with van der Waals surface area (Å²) in [7, 11) is 0. The molecule has 0 aliphatic carbocycles. The number of carbonyl (C=O) groups is 1. The zero-order chi connectivity index (χ0) is 14.8. The van der Waals surface area contributed by atoms with E-state index in [-0.39, 0.29) is 5.91 Å². The summed E-state index contributed by atoms with van der Waals surface area (Å²) in [4.78, 5) is 12.6. The Morgan fingerprint density at radius 1 is 1.05 bits per heavy atom. The minimum absolute atomic E-state index is 0.192. The summed E-state index contributed by atoms with van der Waals surface area (Å²) in [5.74, 6) is 0.192. The van der Waals surface area contributed by atoms with E-state index in [1.807, 2.05) is 34.9 Å². The Balaban J connectivity index is 2.17. The number of carbonyl (C=O) groups excluding carboxylic acids is 1. The molecule has 108 valence electrons. The van der Waals surface area contributed by atoms with Crippen LogP contribution < -0.4 is 0 Å². The number of unbranched alkanes of at least 4 members (excludes halogenated alkanes) is 2. The number of rotatable bonds is 4. The molecule has 2 aromatic carbocycles. The highest BCUT2D eigenvalue weighted by molar-refractivity contribution is 9.10. The second kappa shape index (κ2) is 6.02. The van der Waals surface area contributed by atoms with Crippen LogP contribution in [0.5, 0.6) is 0 Å². The SMILES string of the molecule is CCCCCC(=O)n1c2ccccc2c2cc(Br)ccc21. The van der Waals surface area contributed by atoms with Crippen molar-refractivity contribution in [3.63, 3.8) is 0 Å². The van der Waals surface area contributed by atoms with E-state index in [0.717, 1.165) is 45.5 Å². The van der Waals surface area contributed by atoms with E-state index in [0.29, 0.717) is 6.42 Å². The first-order valence-electron chi connectivity index (χ1n) is 7.44. The first kappa shape index (κ1) is 14.3. The van der Waals surface area contributed by atoms with Gasteiger partial charge in [0.05, 0.1) is 11.0 Å². The van der Waals surface area contributed by atoms with E-state index in [2.05, 4.69) is 35.0 Å². The van der Waals surface area contributed by atoms with Crippen molar-refractivity contribution in [3.05, 3.63) is 46.9 Å². The number of halogens is 1. The first-order valence-corrected chi connectivity index (χ1v) is 8.23. The second-order valence-corrected chi connectivity index (χ2v) is 6.28. The van der Waals surface area contributed by atoms with Crippen LogP contribution >= 0.6 is 15.9 Å². The molecule has 0 atom stereocenters. The van der Waals surface area contributed by atoms with Crippen LogP contribution in [0.15, 0.2) is 46.9 Å². The van der Waals surface area contributed by atoms with Crippen LogP contribution in [-0.4, -0.2) is 10.5 Å². The Morgan fingerprint density at radius 3 is 2.62 bits per heavy atom. The lowest BCUT2D eigenvalue weighted by atomic mass is 10.2. The van der Waals surface area contributed by atoms with Crippen molar-refractivity contribution in [3.8, 4) is 0 Å². The van der Waals surface area contributed by atoms with E-state index in [9.17, 15) is 4.79 Å². The Morgan fingerprint density at radius 2 is 1.81 bits per heavy atom. The molecule has 3 rings (SSSR count). The lowest BCUT2D eigenvalue weighted by Crippen LogP contribution is -2.09. The fourth-order valence-corrected chi connectivity index (χ4v) is 3.21. The van der Waals surface area contributed by atoms with E-state index >= 15 is 0 Å². The van der Waals surface area contributed by atoms with Crippen LogP contribution in [0.4, 0.5) is 0 Å². The van der Waals surface area contributed by atoms with Crippen molar-refractivity contribution in [2.45, 2.75) is 32.6 Å². The maximum absolute atomic E-state index is 12.6. The van der Waals surface area contributed by atoms with Crippen molar-refractivity contribution >= 4 is 43.6 Å². The highest BCUT2D eigenvalue weighted by Gasteiger charge is 2.15. The normalized spacial score (nSPS) is 11.3. The molecular weight excluding hydrogens is 326 g/mol. The summed E-state index contributed by atoms with van der Waals surface area (Å²) in [6.45, 7) is 2.16. The van der Waals surface area contributed by atoms with Gasteiger partial charge >= 0.3 is 0 Å². The van der Waals surface area contributed by atoms with Gasteiger partial charge in [-0.1, -0.05) is 53.9 Å². The molecule has 0 N–H and O–H groups in total. The van der Waals surface area contributed by atoms with E-state index in [4.69, 9.17) is 0 Å². The van der Waals surface area contributed by atoms with Crippen molar-refractivity contribution in [1.82, 2.24) is 4.57 Å². The van der Waals surface area contributed by atoms with Gasteiger partial charge in [-0.2, -0.15) is 0 Å². The number of aromatic nitrogens is 1. The predicted molar refractivity (Wildman–Crippen MR) is 91.9 cm³/mol. The van der Waals surface area contributed by atoms with E-state index in [1.165, 1.54) is 0 Å². The molecule has 0 amide bonds. The molecule has 3 aromatic rings. The van der Waals surface area contributed by atoms with Gasteiger partial charge in [-0.3, -0.25) is 9.36 Å². The molecule has 0 spiro atoms. The van der Waals surface area contributed by atoms with E-state index < -0.39 is 0 Å². The third-order valence-corrected chi connectivity index (χ3v) is 4.37. The fraction of sp³-hybridized carbons (Fsp3) is 0.278. The van der Waals surface area contributed by atoms with Crippen LogP contribution in [0.3, 0.4) is 0 Å². The molecule has 21 heavy (non-hydrogen) atoms. The average molecular weight is 344 g/mol. The zero-order valence-electron chi connectivity index (χ0n) is 12.1. The molecule has 0 unspecified atom stereocenters. The highest BCUT2D eigenvalue weighted by atomic mass is 79.9. The summed E-state index contributed by atoms with van der Waals surface area (Å²) in [5.41, 5.74) is 2.01. The third kappa shape index (κ3) is 2.62. The number of hydrogen-bond acceptors (Lipinski definition) is 1. The number of fused-ring (bicyclic) bond motifs is 3. The fourth-order valence-electron chi connectivity index (χ4n) is 2.85. The summed E-state index contributed by atoms with van der Waals surface area (Å²) >= 11 is 3.52. The summed E-state index contributed by atoms with van der Waals surface area (Å²) < 4.78 is 2.92. The van der Waals surface area contributed by atoms with Crippen LogP contribution in [-0.2, 0) is 0 Å². The number of benzene rings is 2. The van der Waals surface area contributed by atoms with Crippen LogP contribution in [0.1, 0.15) is 37.4 Å². The van der Waals surface area contributed by atoms with Crippen molar-refractivity contribution < 1.29 is 4.79 Å². The van der Waals surface area contributed by atoms with Crippen LogP contribution in [0.2, 0.25) is 0 Å². The van der Waals surface area contributed by atoms with Gasteiger partial charge in [0.25, 0.3) is 0 Å². The Kier molecular flexibility index (Phi) is 4.11. The molecule has 3 heteroatoms. The maximum Gasteiger partial charge on any atom is 0.231 e. The molecule has 0 fully saturated rings. The maximum atomic E-state index is 12.6. The number of para-hydroxylation sites is 1. The molecule has 0 bridgehead atoms. The number of hydrogen-bond donors (Lipinski definition) is 0. The van der Waals surface area contributed by atoms with Crippen molar-refractivity contribution in [2.75, 3.05) is 0 Å². The van der Waals surface area contributed by atoms with E-state index in [1.54, 1.807) is 0 Å². The molecular formula is C18H18BrNO. The molecule has 2 nitrogen and oxygen atoms in total. The predicted octanol–water partition coefficient (Wildman–Crippen LogP) is 5.78. The van der Waals surface area contributed by atoms with Crippen LogP contribution in [0, 0.1) is 0 Å². The minimum atomic E-state index is 0.192. The van der Waals surface area contributed by atoms with Gasteiger partial charge in [-0.05, 0) is 30.7 Å². The summed E-state index contributed by atoms with van der Waals surface area (Å²) in [6.07, 6.45) is 3.80.